The number of benzene rings is 2. The molecule has 0 heterocycles. The van der Waals surface area contributed by atoms with Crippen molar-refractivity contribution in [2.75, 3.05) is 13.7 Å². The molecule has 2 rings (SSSR count). The summed E-state index contributed by atoms with van der Waals surface area (Å²) in [5, 5.41) is 22.2. The molecule has 0 bridgehead atoms. The molecule has 0 atom stereocenters. The van der Waals surface area contributed by atoms with Crippen molar-refractivity contribution in [3.8, 4) is 23.0 Å². The van der Waals surface area contributed by atoms with Crippen LogP contribution in [0.25, 0.3) is 0 Å². The second kappa shape index (κ2) is 7.69. The molecule has 0 aliphatic rings. The third-order valence-corrected chi connectivity index (χ3v) is 2.83. The molecule has 7 heteroatoms. The number of nitrogens with one attached hydrogen (secondary N) is 1. The summed E-state index contributed by atoms with van der Waals surface area (Å²) in [5.74, 6) is 0.319. The number of phenols is 2. The van der Waals surface area contributed by atoms with Crippen LogP contribution in [0.1, 0.15) is 5.56 Å². The van der Waals surface area contributed by atoms with Gasteiger partial charge >= 0.3 is 0 Å². The molecule has 23 heavy (non-hydrogen) atoms. The van der Waals surface area contributed by atoms with Gasteiger partial charge in [0.25, 0.3) is 5.91 Å². The Labute approximate surface area is 132 Å². The molecule has 0 radical (unpaired) electrons. The lowest BCUT2D eigenvalue weighted by Gasteiger charge is -2.05. The lowest BCUT2D eigenvalue weighted by atomic mass is 10.2. The number of nitrogens with zero attached hydrogens (tertiary/aromatic N) is 1. The molecule has 1 amide bonds. The Kier molecular flexibility index (Phi) is 5.40. The van der Waals surface area contributed by atoms with Gasteiger partial charge in [-0.1, -0.05) is 0 Å². The smallest absolute Gasteiger partial charge is 0.277 e. The number of rotatable bonds is 6. The van der Waals surface area contributed by atoms with Crippen molar-refractivity contribution < 1.29 is 24.5 Å². The van der Waals surface area contributed by atoms with Crippen LogP contribution in [-0.4, -0.2) is 36.1 Å². The van der Waals surface area contributed by atoms with Gasteiger partial charge in [-0.2, -0.15) is 5.10 Å². The highest BCUT2D eigenvalue weighted by Crippen LogP contribution is 2.23. The number of hydrazone groups is 1. The van der Waals surface area contributed by atoms with Gasteiger partial charge in [0.2, 0.25) is 0 Å². The Bertz CT molecular complexity index is 698. The van der Waals surface area contributed by atoms with Crippen LogP contribution < -0.4 is 14.9 Å². The molecule has 0 unspecified atom stereocenters. The number of hydrogen-bond acceptors (Lipinski definition) is 6. The van der Waals surface area contributed by atoms with E-state index in [1.807, 2.05) is 0 Å². The third-order valence-electron chi connectivity index (χ3n) is 2.83. The minimum atomic E-state index is -0.430. The molecule has 0 spiro atoms. The van der Waals surface area contributed by atoms with E-state index in [0.29, 0.717) is 17.1 Å². The lowest BCUT2D eigenvalue weighted by Crippen LogP contribution is -2.24. The summed E-state index contributed by atoms with van der Waals surface area (Å²) in [4.78, 5) is 11.6. The second-order valence-electron chi connectivity index (χ2n) is 4.51. The Morgan fingerprint density at radius 1 is 1.13 bits per heavy atom. The van der Waals surface area contributed by atoms with Crippen LogP contribution >= 0.6 is 0 Å². The molecule has 0 saturated carbocycles. The molecular formula is C16H16N2O5. The topological polar surface area (TPSA) is 100 Å². The fourth-order valence-corrected chi connectivity index (χ4v) is 1.65. The van der Waals surface area contributed by atoms with E-state index < -0.39 is 5.91 Å². The summed E-state index contributed by atoms with van der Waals surface area (Å²) in [6.07, 6.45) is 1.34. The standard InChI is InChI=1S/C16H16N2O5/c1-22-12-3-5-13(6-4-12)23-10-16(21)18-17-9-11-2-7-14(19)15(20)8-11/h2-9,19-20H,10H2,1H3,(H,18,21). The van der Waals surface area contributed by atoms with Gasteiger partial charge in [0, 0.05) is 0 Å². The van der Waals surface area contributed by atoms with Crippen molar-refractivity contribution in [1.29, 1.82) is 0 Å². The molecule has 0 fully saturated rings. The first kappa shape index (κ1) is 16.2. The van der Waals surface area contributed by atoms with Gasteiger partial charge in [-0.3, -0.25) is 4.79 Å². The second-order valence-corrected chi connectivity index (χ2v) is 4.51. The first-order chi connectivity index (χ1) is 11.1. The number of ether oxygens (including phenoxy) is 2. The molecule has 2 aromatic carbocycles. The number of hydrogen-bond donors (Lipinski definition) is 3. The Morgan fingerprint density at radius 3 is 2.48 bits per heavy atom. The number of phenolic OH excluding ortho intramolecular Hbond substituents is 2. The van der Waals surface area contributed by atoms with E-state index in [-0.39, 0.29) is 18.1 Å². The fraction of sp³-hybridized carbons (Fsp3) is 0.125. The van der Waals surface area contributed by atoms with Gasteiger partial charge < -0.3 is 19.7 Å². The molecule has 0 aliphatic carbocycles. The van der Waals surface area contributed by atoms with Crippen molar-refractivity contribution >= 4 is 12.1 Å². The van der Waals surface area contributed by atoms with E-state index in [1.165, 1.54) is 18.3 Å². The molecule has 0 aliphatic heterocycles. The van der Waals surface area contributed by atoms with Crippen molar-refractivity contribution in [1.82, 2.24) is 5.43 Å². The zero-order chi connectivity index (χ0) is 16.7. The summed E-state index contributed by atoms with van der Waals surface area (Å²) >= 11 is 0. The van der Waals surface area contributed by atoms with Gasteiger partial charge in [0.05, 0.1) is 13.3 Å². The van der Waals surface area contributed by atoms with Gasteiger partial charge in [-0.15, -0.1) is 0 Å². The SMILES string of the molecule is COc1ccc(OCC(=O)NN=Cc2ccc(O)c(O)c2)cc1. The van der Waals surface area contributed by atoms with E-state index >= 15 is 0 Å². The summed E-state index contributed by atoms with van der Waals surface area (Å²) in [7, 11) is 1.56. The van der Waals surface area contributed by atoms with Gasteiger partial charge in [-0.25, -0.2) is 5.43 Å². The van der Waals surface area contributed by atoms with Gasteiger partial charge in [0.15, 0.2) is 18.1 Å². The highest BCUT2D eigenvalue weighted by Gasteiger charge is 2.02. The summed E-state index contributed by atoms with van der Waals surface area (Å²) in [6, 6.07) is 11.0. The summed E-state index contributed by atoms with van der Waals surface area (Å²) in [5.41, 5.74) is 2.82. The number of aromatic hydroxyl groups is 2. The Balaban J connectivity index is 1.79. The summed E-state index contributed by atoms with van der Waals surface area (Å²) in [6.45, 7) is -0.190. The third kappa shape index (κ3) is 4.92. The van der Waals surface area contributed by atoms with Crippen LogP contribution in [0.5, 0.6) is 23.0 Å². The van der Waals surface area contributed by atoms with Crippen LogP contribution in [0.15, 0.2) is 47.6 Å². The maximum Gasteiger partial charge on any atom is 0.277 e. The van der Waals surface area contributed by atoms with Crippen LogP contribution in [0, 0.1) is 0 Å². The largest absolute Gasteiger partial charge is 0.504 e. The molecule has 3 N–H and O–H groups in total. The van der Waals surface area contributed by atoms with Gasteiger partial charge in [0.1, 0.15) is 11.5 Å². The average molecular weight is 316 g/mol. The van der Waals surface area contributed by atoms with E-state index in [4.69, 9.17) is 9.47 Å². The highest BCUT2D eigenvalue weighted by molar-refractivity contribution is 5.83. The highest BCUT2D eigenvalue weighted by atomic mass is 16.5. The maximum absolute atomic E-state index is 11.6. The maximum atomic E-state index is 11.6. The monoisotopic (exact) mass is 316 g/mol. The number of methoxy groups -OCH3 is 1. The van der Waals surface area contributed by atoms with Crippen LogP contribution in [0.3, 0.4) is 0 Å². The minimum absolute atomic E-state index is 0.190. The van der Waals surface area contributed by atoms with E-state index in [0.717, 1.165) is 0 Å². The molecular weight excluding hydrogens is 300 g/mol. The first-order valence-corrected chi connectivity index (χ1v) is 6.69. The quantitative estimate of drug-likeness (QED) is 0.427. The summed E-state index contributed by atoms with van der Waals surface area (Å²) < 4.78 is 10.3. The van der Waals surface area contributed by atoms with E-state index in [2.05, 4.69) is 10.5 Å². The van der Waals surface area contributed by atoms with Crippen molar-refractivity contribution in [2.45, 2.75) is 0 Å². The predicted molar refractivity (Wildman–Crippen MR) is 84.0 cm³/mol. The normalized spacial score (nSPS) is 10.5. The molecule has 120 valence electrons. The molecule has 2 aromatic rings. The van der Waals surface area contributed by atoms with Crippen molar-refractivity contribution in [3.63, 3.8) is 0 Å². The van der Waals surface area contributed by atoms with E-state index in [9.17, 15) is 15.0 Å². The molecule has 0 aromatic heterocycles. The Morgan fingerprint density at radius 2 is 1.83 bits per heavy atom. The average Bonchev–Trinajstić information content (AvgIpc) is 2.56. The number of amides is 1. The van der Waals surface area contributed by atoms with Gasteiger partial charge in [-0.05, 0) is 48.0 Å². The molecule has 0 saturated heterocycles. The Hall–Kier alpha value is -3.22. The minimum Gasteiger partial charge on any atom is -0.504 e. The van der Waals surface area contributed by atoms with Crippen LogP contribution in [0.4, 0.5) is 0 Å². The zero-order valence-corrected chi connectivity index (χ0v) is 12.4. The molecule has 7 nitrogen and oxygen atoms in total. The van der Waals surface area contributed by atoms with Crippen molar-refractivity contribution in [2.24, 2.45) is 5.10 Å². The van der Waals surface area contributed by atoms with Crippen LogP contribution in [-0.2, 0) is 4.79 Å². The first-order valence-electron chi connectivity index (χ1n) is 6.69. The van der Waals surface area contributed by atoms with Crippen molar-refractivity contribution in [3.05, 3.63) is 48.0 Å². The predicted octanol–water partition coefficient (Wildman–Crippen LogP) is 1.64. The zero-order valence-electron chi connectivity index (χ0n) is 12.4. The fourth-order valence-electron chi connectivity index (χ4n) is 1.65. The van der Waals surface area contributed by atoms with E-state index in [1.54, 1.807) is 37.4 Å². The van der Waals surface area contributed by atoms with Crippen LogP contribution in [0.2, 0.25) is 0 Å². The lowest BCUT2D eigenvalue weighted by molar-refractivity contribution is -0.123. The number of carbonyl (C=O) groups is 1. The number of carbonyl (C=O) groups excluding carboxylic acids is 1.